The van der Waals surface area contributed by atoms with Gasteiger partial charge < -0.3 is 15.8 Å². The van der Waals surface area contributed by atoms with Crippen molar-refractivity contribution in [1.29, 1.82) is 0 Å². The summed E-state index contributed by atoms with van der Waals surface area (Å²) >= 11 is 6.00. The van der Waals surface area contributed by atoms with E-state index >= 15 is 0 Å². The van der Waals surface area contributed by atoms with E-state index in [1.54, 1.807) is 0 Å². The number of carbonyl (C=O) groups is 1. The molecule has 0 radical (unpaired) electrons. The maximum Gasteiger partial charge on any atom is 0.227 e. The molecular weight excluding hydrogens is 371 g/mol. The van der Waals surface area contributed by atoms with Gasteiger partial charge in [0.05, 0.1) is 5.69 Å². The van der Waals surface area contributed by atoms with Crippen LogP contribution in [0.5, 0.6) is 5.75 Å². The molecule has 1 saturated carbocycles. The Bertz CT molecular complexity index is 739. The molecule has 1 aliphatic carbocycles. The Morgan fingerprint density at radius 2 is 2.00 bits per heavy atom. The molecule has 3 N–H and O–H groups in total. The SMILES string of the molecule is Cl.NC[C@H]1CCC[C@H]1C(=O)Nc1ccccc1OCc1cccc(Cl)c1. The van der Waals surface area contributed by atoms with E-state index in [1.807, 2.05) is 48.5 Å². The Hall–Kier alpha value is -1.75. The number of nitrogens with one attached hydrogen (secondary N) is 1. The van der Waals surface area contributed by atoms with Crippen molar-refractivity contribution < 1.29 is 9.53 Å². The van der Waals surface area contributed by atoms with Crippen LogP contribution in [-0.4, -0.2) is 12.5 Å². The van der Waals surface area contributed by atoms with Crippen LogP contribution < -0.4 is 15.8 Å². The number of benzene rings is 2. The van der Waals surface area contributed by atoms with Crippen molar-refractivity contribution in [2.45, 2.75) is 25.9 Å². The van der Waals surface area contributed by atoms with Gasteiger partial charge in [0, 0.05) is 10.9 Å². The zero-order valence-corrected chi connectivity index (χ0v) is 16.1. The van der Waals surface area contributed by atoms with Gasteiger partial charge in [0.1, 0.15) is 12.4 Å². The molecular formula is C20H24Cl2N2O2. The van der Waals surface area contributed by atoms with Gasteiger partial charge in [-0.15, -0.1) is 12.4 Å². The van der Waals surface area contributed by atoms with Crippen LogP contribution in [0.2, 0.25) is 5.02 Å². The van der Waals surface area contributed by atoms with Crippen LogP contribution in [0.4, 0.5) is 5.69 Å². The average Bonchev–Trinajstić information content (AvgIpc) is 3.10. The third-order valence-electron chi connectivity index (χ3n) is 4.73. The van der Waals surface area contributed by atoms with E-state index < -0.39 is 0 Å². The third kappa shape index (κ3) is 5.13. The lowest BCUT2D eigenvalue weighted by atomic mass is 9.95. The average molecular weight is 395 g/mol. The topological polar surface area (TPSA) is 64.4 Å². The molecule has 26 heavy (non-hydrogen) atoms. The zero-order valence-electron chi connectivity index (χ0n) is 14.5. The normalized spacial score (nSPS) is 18.8. The second-order valence-electron chi connectivity index (χ2n) is 6.44. The maximum absolute atomic E-state index is 12.6. The molecule has 0 unspecified atom stereocenters. The number of amides is 1. The molecule has 0 bridgehead atoms. The molecule has 3 rings (SSSR count). The highest BCUT2D eigenvalue weighted by molar-refractivity contribution is 6.30. The predicted octanol–water partition coefficient (Wildman–Crippen LogP) is 4.65. The van der Waals surface area contributed by atoms with E-state index in [-0.39, 0.29) is 30.2 Å². The lowest BCUT2D eigenvalue weighted by Crippen LogP contribution is -2.29. The van der Waals surface area contributed by atoms with E-state index in [0.29, 0.717) is 29.6 Å². The predicted molar refractivity (Wildman–Crippen MR) is 108 cm³/mol. The standard InChI is InChI=1S/C20H23ClN2O2.ClH/c21-16-7-3-5-14(11-16)13-25-19-10-2-1-9-18(19)23-20(24)17-8-4-6-15(17)12-22;/h1-3,5,7,9-11,15,17H,4,6,8,12-13,22H2,(H,23,24);1H/t15-,17-;/m1./s1. The first kappa shape index (κ1) is 20.6. The molecule has 140 valence electrons. The van der Waals surface area contributed by atoms with Gasteiger partial charge >= 0.3 is 0 Å². The van der Waals surface area contributed by atoms with E-state index in [9.17, 15) is 4.79 Å². The molecule has 0 heterocycles. The van der Waals surface area contributed by atoms with Crippen molar-refractivity contribution in [3.63, 3.8) is 0 Å². The molecule has 0 aliphatic heterocycles. The lowest BCUT2D eigenvalue weighted by molar-refractivity contribution is -0.120. The first-order valence-corrected chi connectivity index (χ1v) is 9.02. The van der Waals surface area contributed by atoms with Gasteiger partial charge in [-0.2, -0.15) is 0 Å². The summed E-state index contributed by atoms with van der Waals surface area (Å²) in [6.45, 7) is 0.952. The lowest BCUT2D eigenvalue weighted by Gasteiger charge is -2.19. The highest BCUT2D eigenvalue weighted by atomic mass is 35.5. The molecule has 0 saturated heterocycles. The minimum absolute atomic E-state index is 0. The number of anilines is 1. The van der Waals surface area contributed by atoms with Crippen molar-refractivity contribution in [1.82, 2.24) is 0 Å². The highest BCUT2D eigenvalue weighted by Gasteiger charge is 2.32. The molecule has 2 atom stereocenters. The van der Waals surface area contributed by atoms with Gasteiger partial charge in [0.25, 0.3) is 0 Å². The van der Waals surface area contributed by atoms with Crippen LogP contribution in [-0.2, 0) is 11.4 Å². The number of para-hydroxylation sites is 2. The van der Waals surface area contributed by atoms with Crippen molar-refractivity contribution in [2.24, 2.45) is 17.6 Å². The number of carbonyl (C=O) groups excluding carboxylic acids is 1. The molecule has 6 heteroatoms. The molecule has 0 spiro atoms. The van der Waals surface area contributed by atoms with Gasteiger partial charge in [-0.25, -0.2) is 0 Å². The second kappa shape index (κ2) is 9.81. The van der Waals surface area contributed by atoms with Crippen LogP contribution in [0.25, 0.3) is 0 Å². The summed E-state index contributed by atoms with van der Waals surface area (Å²) in [4.78, 5) is 12.6. The Morgan fingerprint density at radius 3 is 2.77 bits per heavy atom. The molecule has 1 fully saturated rings. The number of nitrogens with two attached hydrogens (primary N) is 1. The van der Waals surface area contributed by atoms with E-state index in [1.165, 1.54) is 0 Å². The number of ether oxygens (including phenoxy) is 1. The van der Waals surface area contributed by atoms with Crippen molar-refractivity contribution in [3.8, 4) is 5.75 Å². The summed E-state index contributed by atoms with van der Waals surface area (Å²) in [7, 11) is 0. The summed E-state index contributed by atoms with van der Waals surface area (Å²) < 4.78 is 5.90. The van der Waals surface area contributed by atoms with Crippen molar-refractivity contribution >= 4 is 35.6 Å². The first-order valence-electron chi connectivity index (χ1n) is 8.64. The molecule has 4 nitrogen and oxygen atoms in total. The van der Waals surface area contributed by atoms with Crippen LogP contribution >= 0.6 is 24.0 Å². The zero-order chi connectivity index (χ0) is 17.6. The van der Waals surface area contributed by atoms with Crippen LogP contribution in [0.1, 0.15) is 24.8 Å². The number of hydrogen-bond donors (Lipinski definition) is 2. The highest BCUT2D eigenvalue weighted by Crippen LogP contribution is 2.33. The molecule has 2 aromatic rings. The monoisotopic (exact) mass is 394 g/mol. The Labute approximate surface area is 165 Å². The maximum atomic E-state index is 12.6. The summed E-state index contributed by atoms with van der Waals surface area (Å²) in [5.74, 6) is 0.954. The fraction of sp³-hybridized carbons (Fsp3) is 0.350. The summed E-state index contributed by atoms with van der Waals surface area (Å²) in [5, 5.41) is 3.70. The van der Waals surface area contributed by atoms with E-state index in [4.69, 9.17) is 22.1 Å². The number of hydrogen-bond acceptors (Lipinski definition) is 3. The van der Waals surface area contributed by atoms with Crippen molar-refractivity contribution in [3.05, 3.63) is 59.1 Å². The van der Waals surface area contributed by atoms with Gasteiger partial charge in [0.15, 0.2) is 0 Å². The molecule has 1 amide bonds. The van der Waals surface area contributed by atoms with Gasteiger partial charge in [-0.05, 0) is 55.1 Å². The number of halogens is 2. The summed E-state index contributed by atoms with van der Waals surface area (Å²) in [6.07, 6.45) is 2.99. The first-order chi connectivity index (χ1) is 12.2. The minimum Gasteiger partial charge on any atom is -0.487 e. The van der Waals surface area contributed by atoms with E-state index in [0.717, 1.165) is 24.8 Å². The summed E-state index contributed by atoms with van der Waals surface area (Å²) in [5.41, 5.74) is 7.47. The molecule has 2 aromatic carbocycles. The van der Waals surface area contributed by atoms with Crippen molar-refractivity contribution in [2.75, 3.05) is 11.9 Å². The van der Waals surface area contributed by atoms with Crippen LogP contribution in [0.15, 0.2) is 48.5 Å². The quantitative estimate of drug-likeness (QED) is 0.748. The Balaban J connectivity index is 0.00000243. The fourth-order valence-corrected chi connectivity index (χ4v) is 3.59. The minimum atomic E-state index is -0.00835. The summed E-state index contributed by atoms with van der Waals surface area (Å²) in [6, 6.07) is 15.0. The Morgan fingerprint density at radius 1 is 1.19 bits per heavy atom. The Kier molecular flexibility index (Phi) is 7.76. The third-order valence-corrected chi connectivity index (χ3v) is 4.96. The van der Waals surface area contributed by atoms with Crippen LogP contribution in [0.3, 0.4) is 0 Å². The smallest absolute Gasteiger partial charge is 0.227 e. The van der Waals surface area contributed by atoms with E-state index in [2.05, 4.69) is 5.32 Å². The number of rotatable bonds is 6. The van der Waals surface area contributed by atoms with Gasteiger partial charge in [-0.3, -0.25) is 4.79 Å². The largest absolute Gasteiger partial charge is 0.487 e. The fourth-order valence-electron chi connectivity index (χ4n) is 3.37. The van der Waals surface area contributed by atoms with Gasteiger partial charge in [0.2, 0.25) is 5.91 Å². The van der Waals surface area contributed by atoms with Crippen LogP contribution in [0, 0.1) is 11.8 Å². The molecule has 0 aromatic heterocycles. The van der Waals surface area contributed by atoms with Gasteiger partial charge in [-0.1, -0.05) is 42.3 Å². The molecule has 1 aliphatic rings. The second-order valence-corrected chi connectivity index (χ2v) is 6.87.